The molecular formula is C29H45F3NO4P. The van der Waals surface area contributed by atoms with Crippen LogP contribution >= 0.6 is 7.37 Å². The molecule has 0 spiro atoms. The molecule has 1 aliphatic heterocycles. The number of rotatable bonds is 12. The zero-order valence-electron chi connectivity index (χ0n) is 24.2. The number of nitrogens with zero attached hydrogens (tertiary/aromatic N) is 1. The summed E-state index contributed by atoms with van der Waals surface area (Å²) in [5.74, 6) is 0.274. The fourth-order valence-electron chi connectivity index (χ4n) is 4.55. The van der Waals surface area contributed by atoms with E-state index in [9.17, 15) is 17.7 Å². The van der Waals surface area contributed by atoms with E-state index in [1.54, 1.807) is 25.1 Å². The molecule has 1 aromatic rings. The van der Waals surface area contributed by atoms with E-state index in [0.29, 0.717) is 17.9 Å². The minimum absolute atomic E-state index is 0.0159. The highest BCUT2D eigenvalue weighted by atomic mass is 31.2. The van der Waals surface area contributed by atoms with Gasteiger partial charge in [0.15, 0.2) is 5.90 Å². The summed E-state index contributed by atoms with van der Waals surface area (Å²) in [4.78, 5) is 4.58. The van der Waals surface area contributed by atoms with Crippen molar-refractivity contribution in [2.45, 2.75) is 110 Å². The second-order valence-corrected chi connectivity index (χ2v) is 16.1. The van der Waals surface area contributed by atoms with Gasteiger partial charge in [0.2, 0.25) is 7.37 Å². The Bertz CT molecular complexity index is 1020. The van der Waals surface area contributed by atoms with Gasteiger partial charge in [-0.3, -0.25) is 4.57 Å². The van der Waals surface area contributed by atoms with Gasteiger partial charge in [-0.05, 0) is 24.1 Å². The molecule has 0 aromatic heterocycles. The number of aliphatic imine (C=N–C) groups is 1. The number of alkyl halides is 3. The summed E-state index contributed by atoms with van der Waals surface area (Å²) in [5.41, 5.74) is -1.46. The number of hydrogen-bond acceptors (Lipinski definition) is 5. The summed E-state index contributed by atoms with van der Waals surface area (Å²) in [6.45, 7) is 15.5. The molecule has 1 aromatic carbocycles. The summed E-state index contributed by atoms with van der Waals surface area (Å²) in [5, 5.41) is -1.22. The van der Waals surface area contributed by atoms with Crippen LogP contribution in [-0.4, -0.2) is 41.6 Å². The van der Waals surface area contributed by atoms with Crippen molar-refractivity contribution in [1.82, 2.24) is 0 Å². The van der Waals surface area contributed by atoms with Crippen molar-refractivity contribution in [3.8, 4) is 5.75 Å². The monoisotopic (exact) mass is 559 g/mol. The van der Waals surface area contributed by atoms with Gasteiger partial charge in [-0.1, -0.05) is 92.4 Å². The highest BCUT2D eigenvalue weighted by molar-refractivity contribution is 7.62. The van der Waals surface area contributed by atoms with Crippen molar-refractivity contribution in [1.29, 1.82) is 0 Å². The maximum absolute atomic E-state index is 14.0. The summed E-state index contributed by atoms with van der Waals surface area (Å²) in [6, 6.07) is 4.04. The average Bonchev–Trinajstić information content (AvgIpc) is 3.17. The number of halogens is 3. The first-order valence-electron chi connectivity index (χ1n) is 13.4. The van der Waals surface area contributed by atoms with Gasteiger partial charge in [-0.25, -0.2) is 4.99 Å². The molecule has 0 saturated heterocycles. The van der Waals surface area contributed by atoms with Crippen molar-refractivity contribution >= 4 is 19.3 Å². The Morgan fingerprint density at radius 3 is 2.21 bits per heavy atom. The van der Waals surface area contributed by atoms with Crippen LogP contribution in [0.5, 0.6) is 5.75 Å². The lowest BCUT2D eigenvalue weighted by Crippen LogP contribution is -2.36. The van der Waals surface area contributed by atoms with E-state index in [-0.39, 0.29) is 25.6 Å². The molecule has 38 heavy (non-hydrogen) atoms. The lowest BCUT2D eigenvalue weighted by Gasteiger charge is -2.41. The Morgan fingerprint density at radius 2 is 1.68 bits per heavy atom. The van der Waals surface area contributed by atoms with Crippen LogP contribution in [-0.2, 0) is 20.0 Å². The summed E-state index contributed by atoms with van der Waals surface area (Å²) in [7, 11) is -3.18. The smallest absolute Gasteiger partial charge is 0.419 e. The number of ether oxygens (including phenoxy) is 2. The summed E-state index contributed by atoms with van der Waals surface area (Å²) in [6.07, 6.45) is 3.62. The van der Waals surface area contributed by atoms with Gasteiger partial charge in [0, 0.05) is 17.2 Å². The molecular weight excluding hydrogens is 514 g/mol. The molecule has 0 radical (unpaired) electrons. The maximum atomic E-state index is 14.0. The normalized spacial score (nSPS) is 19.1. The predicted octanol–water partition coefficient (Wildman–Crippen LogP) is 9.15. The molecule has 0 amide bonds. The fourth-order valence-corrected chi connectivity index (χ4v) is 7.74. The Hall–Kier alpha value is -1.79. The standard InChI is InChI=1S/C29H45F3NO4P/c1-9-10-11-12-13-18-35-25-15-14-23(19-24(25)29(30,31)32)16-17-28(20-36-22(2)33-28)21-37-38(34,26(3,4)5)27(6,7)8/h14-17,19H,9-13,18,20-21H2,1-8H3. The average molecular weight is 560 g/mol. The molecule has 216 valence electrons. The van der Waals surface area contributed by atoms with Crippen molar-refractivity contribution < 1.29 is 31.7 Å². The van der Waals surface area contributed by atoms with Crippen LogP contribution < -0.4 is 4.74 Å². The Labute approximate surface area is 226 Å². The number of benzene rings is 1. The van der Waals surface area contributed by atoms with Gasteiger partial charge in [-0.2, -0.15) is 13.2 Å². The first-order valence-corrected chi connectivity index (χ1v) is 15.0. The molecule has 5 nitrogen and oxygen atoms in total. The second kappa shape index (κ2) is 12.6. The molecule has 0 N–H and O–H groups in total. The topological polar surface area (TPSA) is 57.1 Å². The van der Waals surface area contributed by atoms with E-state index in [1.165, 1.54) is 6.07 Å². The summed E-state index contributed by atoms with van der Waals surface area (Å²) >= 11 is 0. The van der Waals surface area contributed by atoms with E-state index in [1.807, 2.05) is 41.5 Å². The molecule has 9 heteroatoms. The third-order valence-corrected chi connectivity index (χ3v) is 10.6. The third kappa shape index (κ3) is 8.35. The van der Waals surface area contributed by atoms with Crippen LogP contribution in [0.3, 0.4) is 0 Å². The van der Waals surface area contributed by atoms with E-state index in [4.69, 9.17) is 14.0 Å². The first-order chi connectivity index (χ1) is 17.4. The van der Waals surface area contributed by atoms with Crippen LogP contribution in [0.2, 0.25) is 0 Å². The van der Waals surface area contributed by atoms with Gasteiger partial charge in [-0.15, -0.1) is 0 Å². The van der Waals surface area contributed by atoms with Gasteiger partial charge in [0.25, 0.3) is 0 Å². The van der Waals surface area contributed by atoms with Crippen LogP contribution in [0.15, 0.2) is 29.3 Å². The largest absolute Gasteiger partial charge is 0.493 e. The third-order valence-electron chi connectivity index (χ3n) is 6.57. The Morgan fingerprint density at radius 1 is 1.05 bits per heavy atom. The quantitative estimate of drug-likeness (QED) is 0.189. The Balaban J connectivity index is 2.28. The van der Waals surface area contributed by atoms with Crippen LogP contribution in [0.25, 0.3) is 6.08 Å². The van der Waals surface area contributed by atoms with Crippen LogP contribution in [0.1, 0.15) is 98.6 Å². The highest BCUT2D eigenvalue weighted by Gasteiger charge is 2.49. The number of hydrogen-bond donors (Lipinski definition) is 0. The molecule has 0 saturated carbocycles. The molecule has 0 bridgehead atoms. The van der Waals surface area contributed by atoms with E-state index >= 15 is 0 Å². The zero-order chi connectivity index (χ0) is 28.8. The van der Waals surface area contributed by atoms with E-state index < -0.39 is 35.0 Å². The van der Waals surface area contributed by atoms with Crippen LogP contribution in [0, 0.1) is 0 Å². The molecule has 1 unspecified atom stereocenters. The van der Waals surface area contributed by atoms with Gasteiger partial charge in [0.05, 0.1) is 18.8 Å². The number of unbranched alkanes of at least 4 members (excludes halogenated alkanes) is 4. The maximum Gasteiger partial charge on any atom is 0.419 e. The molecule has 0 aliphatic carbocycles. The van der Waals surface area contributed by atoms with Crippen molar-refractivity contribution in [2.75, 3.05) is 19.8 Å². The lowest BCUT2D eigenvalue weighted by molar-refractivity contribution is -0.139. The molecule has 1 heterocycles. The van der Waals surface area contributed by atoms with Gasteiger partial charge in [0.1, 0.15) is 17.9 Å². The van der Waals surface area contributed by atoms with Gasteiger partial charge >= 0.3 is 6.18 Å². The second-order valence-electron chi connectivity index (χ2n) is 12.0. The highest BCUT2D eigenvalue weighted by Crippen LogP contribution is 2.67. The van der Waals surface area contributed by atoms with E-state index in [0.717, 1.165) is 31.7 Å². The molecule has 2 rings (SSSR count). The Kier molecular flexibility index (Phi) is 10.7. The molecule has 0 fully saturated rings. The SMILES string of the molecule is CCCCCCCOc1ccc(C=CC2(COP(=O)(C(C)(C)C)C(C)(C)C)COC(C)=N2)cc1C(F)(F)F. The summed E-state index contributed by atoms with van der Waals surface area (Å²) < 4.78 is 72.8. The van der Waals surface area contributed by atoms with Crippen molar-refractivity contribution in [2.24, 2.45) is 4.99 Å². The molecule has 1 aliphatic rings. The van der Waals surface area contributed by atoms with E-state index in [2.05, 4.69) is 11.9 Å². The molecule has 1 atom stereocenters. The predicted molar refractivity (Wildman–Crippen MR) is 150 cm³/mol. The minimum atomic E-state index is -4.56. The lowest BCUT2D eigenvalue weighted by atomic mass is 10.0. The minimum Gasteiger partial charge on any atom is -0.493 e. The van der Waals surface area contributed by atoms with Crippen LogP contribution in [0.4, 0.5) is 13.2 Å². The first kappa shape index (κ1) is 32.4. The van der Waals surface area contributed by atoms with Crippen molar-refractivity contribution in [3.05, 3.63) is 35.4 Å². The fraction of sp³-hybridized carbons (Fsp3) is 0.690. The van der Waals surface area contributed by atoms with Gasteiger partial charge < -0.3 is 14.0 Å². The van der Waals surface area contributed by atoms with Crippen molar-refractivity contribution in [3.63, 3.8) is 0 Å². The zero-order valence-corrected chi connectivity index (χ0v) is 25.1.